The lowest BCUT2D eigenvalue weighted by atomic mass is 10.1. The van der Waals surface area contributed by atoms with Gasteiger partial charge in [-0.3, -0.25) is 4.79 Å². The topological polar surface area (TPSA) is 79.3 Å². The molecule has 1 amide bonds. The van der Waals surface area contributed by atoms with Crippen LogP contribution in [0.2, 0.25) is 0 Å². The normalized spacial score (nSPS) is 10.1. The highest BCUT2D eigenvalue weighted by Gasteiger charge is 2.18. The van der Waals surface area contributed by atoms with E-state index in [2.05, 4.69) is 10.3 Å². The molecule has 6 heteroatoms. The highest BCUT2D eigenvalue weighted by molar-refractivity contribution is 7.18. The van der Waals surface area contributed by atoms with Gasteiger partial charge >= 0.3 is 5.97 Å². The zero-order valence-electron chi connectivity index (χ0n) is 9.51. The number of nitrogens with one attached hydrogen (secondary N) is 1. The average Bonchev–Trinajstić information content (AvgIpc) is 2.73. The first-order valence-corrected chi connectivity index (χ1v) is 5.96. The van der Waals surface area contributed by atoms with Crippen molar-refractivity contribution in [1.82, 2.24) is 4.98 Å². The van der Waals surface area contributed by atoms with Crippen molar-refractivity contribution in [3.8, 4) is 11.3 Å². The zero-order valence-corrected chi connectivity index (χ0v) is 10.3. The molecule has 18 heavy (non-hydrogen) atoms. The van der Waals surface area contributed by atoms with E-state index in [1.807, 2.05) is 6.07 Å². The second kappa shape index (κ2) is 4.97. The molecule has 0 atom stereocenters. The highest BCUT2D eigenvalue weighted by atomic mass is 32.1. The Morgan fingerprint density at radius 3 is 2.50 bits per heavy atom. The SMILES string of the molecule is CC(=O)Nc1nc(-c2ccccc2)c(C(=O)O)s1. The van der Waals surface area contributed by atoms with E-state index in [1.54, 1.807) is 24.3 Å². The van der Waals surface area contributed by atoms with Crippen LogP contribution in [0.4, 0.5) is 5.13 Å². The first-order valence-electron chi connectivity index (χ1n) is 5.15. The van der Waals surface area contributed by atoms with Crippen molar-refractivity contribution in [1.29, 1.82) is 0 Å². The van der Waals surface area contributed by atoms with Gasteiger partial charge in [0.25, 0.3) is 0 Å². The highest BCUT2D eigenvalue weighted by Crippen LogP contribution is 2.30. The van der Waals surface area contributed by atoms with Gasteiger partial charge in [-0.2, -0.15) is 0 Å². The van der Waals surface area contributed by atoms with Gasteiger partial charge in [-0.05, 0) is 0 Å². The number of carbonyl (C=O) groups excluding carboxylic acids is 1. The first kappa shape index (κ1) is 12.3. The Morgan fingerprint density at radius 1 is 1.28 bits per heavy atom. The van der Waals surface area contributed by atoms with Gasteiger partial charge in [-0.25, -0.2) is 9.78 Å². The first-order chi connectivity index (χ1) is 8.58. The quantitative estimate of drug-likeness (QED) is 0.890. The van der Waals surface area contributed by atoms with Crippen LogP contribution in [-0.4, -0.2) is 22.0 Å². The number of carboxylic acids is 1. The summed E-state index contributed by atoms with van der Waals surface area (Å²) in [6, 6.07) is 9.00. The summed E-state index contributed by atoms with van der Waals surface area (Å²) < 4.78 is 0. The van der Waals surface area contributed by atoms with Gasteiger partial charge in [0.2, 0.25) is 5.91 Å². The van der Waals surface area contributed by atoms with Crippen LogP contribution in [0.25, 0.3) is 11.3 Å². The van der Waals surface area contributed by atoms with Crippen LogP contribution in [0.5, 0.6) is 0 Å². The lowest BCUT2D eigenvalue weighted by molar-refractivity contribution is -0.114. The van der Waals surface area contributed by atoms with E-state index in [0.29, 0.717) is 16.4 Å². The molecular formula is C12H10N2O3S. The van der Waals surface area contributed by atoms with Crippen molar-refractivity contribution in [2.45, 2.75) is 6.92 Å². The number of hydrogen-bond donors (Lipinski definition) is 2. The molecule has 0 spiro atoms. The number of thiazole rings is 1. The third-order valence-electron chi connectivity index (χ3n) is 2.15. The van der Waals surface area contributed by atoms with E-state index in [9.17, 15) is 9.59 Å². The van der Waals surface area contributed by atoms with Gasteiger partial charge in [0.1, 0.15) is 4.88 Å². The molecule has 0 saturated heterocycles. The number of carboxylic acid groups (broad SMARTS) is 1. The monoisotopic (exact) mass is 262 g/mol. The predicted molar refractivity (Wildman–Crippen MR) is 68.8 cm³/mol. The Labute approximate surface area is 107 Å². The number of aromatic carboxylic acids is 1. The maximum Gasteiger partial charge on any atom is 0.348 e. The van der Waals surface area contributed by atoms with E-state index in [1.165, 1.54) is 6.92 Å². The minimum Gasteiger partial charge on any atom is -0.477 e. The standard InChI is InChI=1S/C12H10N2O3S/c1-7(15)13-12-14-9(10(18-12)11(16)17)8-5-3-2-4-6-8/h2-6H,1H3,(H,16,17)(H,13,14,15). The molecule has 0 saturated carbocycles. The fourth-order valence-corrected chi connectivity index (χ4v) is 2.33. The number of benzene rings is 1. The van der Waals surface area contributed by atoms with Crippen molar-refractivity contribution < 1.29 is 14.7 Å². The lowest BCUT2D eigenvalue weighted by Crippen LogP contribution is -2.04. The summed E-state index contributed by atoms with van der Waals surface area (Å²) in [5, 5.41) is 11.9. The molecular weight excluding hydrogens is 252 g/mol. The van der Waals surface area contributed by atoms with Crippen LogP contribution in [0.15, 0.2) is 30.3 Å². The van der Waals surface area contributed by atoms with Crippen LogP contribution in [0, 0.1) is 0 Å². The smallest absolute Gasteiger partial charge is 0.348 e. The van der Waals surface area contributed by atoms with Crippen LogP contribution < -0.4 is 5.32 Å². The van der Waals surface area contributed by atoms with Crippen LogP contribution in [-0.2, 0) is 4.79 Å². The fraction of sp³-hybridized carbons (Fsp3) is 0.0833. The molecule has 2 aromatic rings. The van der Waals surface area contributed by atoms with Crippen molar-refractivity contribution >= 4 is 28.3 Å². The molecule has 0 fully saturated rings. The largest absolute Gasteiger partial charge is 0.477 e. The molecule has 0 aliphatic carbocycles. The molecule has 2 N–H and O–H groups in total. The van der Waals surface area contributed by atoms with E-state index >= 15 is 0 Å². The third-order valence-corrected chi connectivity index (χ3v) is 3.11. The molecule has 5 nitrogen and oxygen atoms in total. The van der Waals surface area contributed by atoms with Gasteiger partial charge in [-0.15, -0.1) is 0 Å². The molecule has 1 aromatic carbocycles. The number of carbonyl (C=O) groups is 2. The number of hydrogen-bond acceptors (Lipinski definition) is 4. The number of nitrogens with zero attached hydrogens (tertiary/aromatic N) is 1. The minimum absolute atomic E-state index is 0.116. The van der Waals surface area contributed by atoms with Crippen LogP contribution in [0.3, 0.4) is 0 Å². The van der Waals surface area contributed by atoms with Gasteiger partial charge in [0, 0.05) is 12.5 Å². The van der Waals surface area contributed by atoms with Crippen molar-refractivity contribution in [2.24, 2.45) is 0 Å². The number of amides is 1. The molecule has 0 radical (unpaired) electrons. The molecule has 92 valence electrons. The summed E-state index contributed by atoms with van der Waals surface area (Å²) in [5.74, 6) is -1.33. The number of anilines is 1. The van der Waals surface area contributed by atoms with Gasteiger partial charge in [0.05, 0.1) is 5.69 Å². The molecule has 2 rings (SSSR count). The Morgan fingerprint density at radius 2 is 1.94 bits per heavy atom. The summed E-state index contributed by atoms with van der Waals surface area (Å²) in [7, 11) is 0. The predicted octanol–water partition coefficient (Wildman–Crippen LogP) is 2.47. The third kappa shape index (κ3) is 2.54. The fourth-order valence-electron chi connectivity index (χ4n) is 1.46. The Hall–Kier alpha value is -2.21. The second-order valence-electron chi connectivity index (χ2n) is 3.55. The van der Waals surface area contributed by atoms with Gasteiger partial charge in [-0.1, -0.05) is 41.7 Å². The molecule has 1 heterocycles. The van der Waals surface area contributed by atoms with Gasteiger partial charge < -0.3 is 10.4 Å². The van der Waals surface area contributed by atoms with E-state index < -0.39 is 5.97 Å². The maximum absolute atomic E-state index is 11.2. The van der Waals surface area contributed by atoms with E-state index in [4.69, 9.17) is 5.11 Å². The van der Waals surface area contributed by atoms with Crippen molar-refractivity contribution in [3.63, 3.8) is 0 Å². The second-order valence-corrected chi connectivity index (χ2v) is 4.55. The summed E-state index contributed by atoms with van der Waals surface area (Å²) >= 11 is 0.948. The minimum atomic E-state index is -1.05. The molecule has 0 unspecified atom stereocenters. The average molecular weight is 262 g/mol. The molecule has 0 aliphatic heterocycles. The maximum atomic E-state index is 11.2. The number of rotatable bonds is 3. The molecule has 0 bridgehead atoms. The Balaban J connectivity index is 2.48. The molecule has 0 aliphatic rings. The van der Waals surface area contributed by atoms with Crippen molar-refractivity contribution in [3.05, 3.63) is 35.2 Å². The Bertz CT molecular complexity index is 593. The summed E-state index contributed by atoms with van der Waals surface area (Å²) in [5.41, 5.74) is 1.08. The summed E-state index contributed by atoms with van der Waals surface area (Å²) in [4.78, 5) is 26.4. The van der Waals surface area contributed by atoms with Gasteiger partial charge in [0.15, 0.2) is 5.13 Å². The zero-order chi connectivity index (χ0) is 13.1. The molecule has 1 aromatic heterocycles. The van der Waals surface area contributed by atoms with Crippen LogP contribution in [0.1, 0.15) is 16.6 Å². The number of aromatic nitrogens is 1. The van der Waals surface area contributed by atoms with Crippen LogP contribution >= 0.6 is 11.3 Å². The van der Waals surface area contributed by atoms with Crippen molar-refractivity contribution in [2.75, 3.05) is 5.32 Å². The van der Waals surface area contributed by atoms with E-state index in [0.717, 1.165) is 11.3 Å². The van der Waals surface area contributed by atoms with E-state index in [-0.39, 0.29) is 10.8 Å². The summed E-state index contributed by atoms with van der Waals surface area (Å²) in [6.07, 6.45) is 0. The Kier molecular flexibility index (Phi) is 3.38. The summed E-state index contributed by atoms with van der Waals surface area (Å²) in [6.45, 7) is 1.35. The lowest BCUT2D eigenvalue weighted by Gasteiger charge is -1.97.